The third-order valence-electron chi connectivity index (χ3n) is 3.77. The van der Waals surface area contributed by atoms with E-state index in [1.807, 2.05) is 33.8 Å². The summed E-state index contributed by atoms with van der Waals surface area (Å²) in [5, 5.41) is 11.9. The first-order valence-corrected chi connectivity index (χ1v) is 7.85. The summed E-state index contributed by atoms with van der Waals surface area (Å²) in [6.07, 6.45) is 1.64. The molecule has 1 rings (SSSR count). The highest BCUT2D eigenvalue weighted by molar-refractivity contribution is 5.77. The van der Waals surface area contributed by atoms with Gasteiger partial charge in [-0.05, 0) is 43.7 Å². The number of benzene rings is 1. The van der Waals surface area contributed by atoms with E-state index >= 15 is 0 Å². The lowest BCUT2D eigenvalue weighted by Gasteiger charge is -2.15. The number of nitrogens with one attached hydrogen (secondary N) is 1. The van der Waals surface area contributed by atoms with Crippen LogP contribution in [-0.2, 0) is 16.0 Å². The van der Waals surface area contributed by atoms with E-state index in [2.05, 4.69) is 17.4 Å². The van der Waals surface area contributed by atoms with E-state index in [4.69, 9.17) is 5.11 Å². The molecule has 1 amide bonds. The Morgan fingerprint density at radius 2 is 1.91 bits per heavy atom. The number of aryl methyl sites for hydroxylation is 3. The van der Waals surface area contributed by atoms with E-state index < -0.39 is 11.9 Å². The number of aliphatic carboxylic acids is 1. The van der Waals surface area contributed by atoms with Crippen LogP contribution in [0.15, 0.2) is 18.2 Å². The maximum absolute atomic E-state index is 11.9. The van der Waals surface area contributed by atoms with Crippen molar-refractivity contribution in [3.8, 4) is 0 Å². The predicted molar refractivity (Wildman–Crippen MR) is 87.8 cm³/mol. The molecule has 0 aliphatic carbocycles. The minimum atomic E-state index is -0.844. The first kappa shape index (κ1) is 18.2. The van der Waals surface area contributed by atoms with Crippen LogP contribution in [0.3, 0.4) is 0 Å². The van der Waals surface area contributed by atoms with Crippen LogP contribution in [0.2, 0.25) is 0 Å². The Kier molecular flexibility index (Phi) is 7.09. The Balaban J connectivity index is 2.44. The molecule has 4 nitrogen and oxygen atoms in total. The van der Waals surface area contributed by atoms with Crippen LogP contribution in [0.25, 0.3) is 0 Å². The molecule has 0 heterocycles. The topological polar surface area (TPSA) is 66.4 Å². The molecular weight excluding hydrogens is 278 g/mol. The molecule has 0 fully saturated rings. The summed E-state index contributed by atoms with van der Waals surface area (Å²) in [5.41, 5.74) is 3.57. The van der Waals surface area contributed by atoms with Crippen LogP contribution in [0, 0.1) is 25.7 Å². The minimum Gasteiger partial charge on any atom is -0.481 e. The standard InChI is InChI=1S/C18H27NO3/c1-12(2)9-16(18(21)22)11-19-17(20)8-7-15-6-5-13(3)10-14(15)4/h5-6,10,12,16H,7-9,11H2,1-4H3,(H,19,20)(H,21,22). The fraction of sp³-hybridized carbons (Fsp3) is 0.556. The maximum atomic E-state index is 11.9. The molecule has 2 N–H and O–H groups in total. The molecule has 0 spiro atoms. The van der Waals surface area contributed by atoms with Crippen LogP contribution in [0.4, 0.5) is 0 Å². The highest BCUT2D eigenvalue weighted by Gasteiger charge is 2.19. The molecule has 0 radical (unpaired) electrons. The van der Waals surface area contributed by atoms with Crippen molar-refractivity contribution in [3.63, 3.8) is 0 Å². The molecule has 0 bridgehead atoms. The van der Waals surface area contributed by atoms with Gasteiger partial charge in [0, 0.05) is 13.0 Å². The summed E-state index contributed by atoms with van der Waals surface area (Å²) in [7, 11) is 0. The zero-order valence-corrected chi connectivity index (χ0v) is 14.0. The van der Waals surface area contributed by atoms with Gasteiger partial charge in [-0.15, -0.1) is 0 Å². The summed E-state index contributed by atoms with van der Waals surface area (Å²) in [6.45, 7) is 8.27. The Morgan fingerprint density at radius 1 is 1.23 bits per heavy atom. The van der Waals surface area contributed by atoms with Gasteiger partial charge in [0.05, 0.1) is 5.92 Å². The van der Waals surface area contributed by atoms with E-state index in [1.54, 1.807) is 0 Å². The number of hydrogen-bond donors (Lipinski definition) is 2. The average molecular weight is 305 g/mol. The van der Waals surface area contributed by atoms with Gasteiger partial charge in [0.1, 0.15) is 0 Å². The molecule has 22 heavy (non-hydrogen) atoms. The van der Waals surface area contributed by atoms with Crippen LogP contribution in [0.5, 0.6) is 0 Å². The quantitative estimate of drug-likeness (QED) is 0.775. The second kappa shape index (κ2) is 8.57. The summed E-state index contributed by atoms with van der Waals surface area (Å²) < 4.78 is 0. The Morgan fingerprint density at radius 3 is 2.45 bits per heavy atom. The smallest absolute Gasteiger partial charge is 0.308 e. The zero-order chi connectivity index (χ0) is 16.7. The third kappa shape index (κ3) is 6.29. The van der Waals surface area contributed by atoms with Gasteiger partial charge in [0.25, 0.3) is 0 Å². The van der Waals surface area contributed by atoms with Crippen molar-refractivity contribution in [3.05, 3.63) is 34.9 Å². The molecular formula is C18H27NO3. The van der Waals surface area contributed by atoms with E-state index in [0.29, 0.717) is 25.2 Å². The van der Waals surface area contributed by atoms with Gasteiger partial charge in [-0.25, -0.2) is 0 Å². The molecule has 122 valence electrons. The lowest BCUT2D eigenvalue weighted by molar-refractivity contribution is -0.142. The lowest BCUT2D eigenvalue weighted by Crippen LogP contribution is -2.33. The molecule has 1 unspecified atom stereocenters. The second-order valence-corrected chi connectivity index (χ2v) is 6.40. The minimum absolute atomic E-state index is 0.0880. The van der Waals surface area contributed by atoms with Crippen molar-refractivity contribution in [2.24, 2.45) is 11.8 Å². The largest absolute Gasteiger partial charge is 0.481 e. The number of rotatable bonds is 8. The van der Waals surface area contributed by atoms with Gasteiger partial charge in [-0.3, -0.25) is 9.59 Å². The molecule has 4 heteroatoms. The molecule has 1 aromatic rings. The fourth-order valence-electron chi connectivity index (χ4n) is 2.54. The number of carboxylic acids is 1. The number of hydrogen-bond acceptors (Lipinski definition) is 2. The predicted octanol–water partition coefficient (Wildman–Crippen LogP) is 3.10. The number of amides is 1. The van der Waals surface area contributed by atoms with Crippen molar-refractivity contribution >= 4 is 11.9 Å². The first-order chi connectivity index (χ1) is 10.3. The Bertz CT molecular complexity index is 523. The van der Waals surface area contributed by atoms with Gasteiger partial charge < -0.3 is 10.4 Å². The van der Waals surface area contributed by atoms with Gasteiger partial charge in [0.15, 0.2) is 0 Å². The van der Waals surface area contributed by atoms with Crippen molar-refractivity contribution in [1.29, 1.82) is 0 Å². The Hall–Kier alpha value is -1.84. The van der Waals surface area contributed by atoms with Crippen LogP contribution in [0.1, 0.15) is 43.4 Å². The molecule has 1 aromatic carbocycles. The highest BCUT2D eigenvalue weighted by atomic mass is 16.4. The van der Waals surface area contributed by atoms with Crippen molar-refractivity contribution < 1.29 is 14.7 Å². The van der Waals surface area contributed by atoms with E-state index in [1.165, 1.54) is 11.1 Å². The Labute approximate surface area is 132 Å². The lowest BCUT2D eigenvalue weighted by atomic mass is 9.97. The van der Waals surface area contributed by atoms with Gasteiger partial charge in [-0.1, -0.05) is 37.6 Å². The summed E-state index contributed by atoms with van der Waals surface area (Å²) >= 11 is 0. The fourth-order valence-corrected chi connectivity index (χ4v) is 2.54. The van der Waals surface area contributed by atoms with E-state index in [0.717, 1.165) is 5.56 Å². The van der Waals surface area contributed by atoms with Crippen LogP contribution in [-0.4, -0.2) is 23.5 Å². The normalized spacial score (nSPS) is 12.2. The monoisotopic (exact) mass is 305 g/mol. The SMILES string of the molecule is Cc1ccc(CCC(=O)NCC(CC(C)C)C(=O)O)c(C)c1. The van der Waals surface area contributed by atoms with E-state index in [-0.39, 0.29) is 12.5 Å². The maximum Gasteiger partial charge on any atom is 0.308 e. The van der Waals surface area contributed by atoms with Crippen LogP contribution < -0.4 is 5.32 Å². The van der Waals surface area contributed by atoms with E-state index in [9.17, 15) is 9.59 Å². The van der Waals surface area contributed by atoms with Crippen molar-refractivity contribution in [2.75, 3.05) is 6.54 Å². The summed E-state index contributed by atoms with van der Waals surface area (Å²) in [5.74, 6) is -1.14. The van der Waals surface area contributed by atoms with Crippen molar-refractivity contribution in [2.45, 2.75) is 47.0 Å². The van der Waals surface area contributed by atoms with Crippen molar-refractivity contribution in [1.82, 2.24) is 5.32 Å². The summed E-state index contributed by atoms with van der Waals surface area (Å²) in [6, 6.07) is 6.20. The number of carbonyl (C=O) groups is 2. The molecule has 0 aromatic heterocycles. The first-order valence-electron chi connectivity index (χ1n) is 7.85. The van der Waals surface area contributed by atoms with Gasteiger partial charge in [0.2, 0.25) is 5.91 Å². The zero-order valence-electron chi connectivity index (χ0n) is 14.0. The molecule has 0 saturated carbocycles. The van der Waals surface area contributed by atoms with Crippen LogP contribution >= 0.6 is 0 Å². The molecule has 0 aliphatic rings. The number of carboxylic acid groups (broad SMARTS) is 1. The number of carbonyl (C=O) groups excluding carboxylic acids is 1. The molecule has 1 atom stereocenters. The summed E-state index contributed by atoms with van der Waals surface area (Å²) in [4.78, 5) is 23.1. The third-order valence-corrected chi connectivity index (χ3v) is 3.77. The highest BCUT2D eigenvalue weighted by Crippen LogP contribution is 2.13. The molecule has 0 aliphatic heterocycles. The van der Waals surface area contributed by atoms with Gasteiger partial charge in [-0.2, -0.15) is 0 Å². The molecule has 0 saturated heterocycles. The van der Waals surface area contributed by atoms with Gasteiger partial charge >= 0.3 is 5.97 Å². The average Bonchev–Trinajstić information content (AvgIpc) is 2.41. The second-order valence-electron chi connectivity index (χ2n) is 6.40.